The lowest BCUT2D eigenvalue weighted by Crippen LogP contribution is -2.00. The maximum absolute atomic E-state index is 12.0. The van der Waals surface area contributed by atoms with Gasteiger partial charge < -0.3 is 9.47 Å². The van der Waals surface area contributed by atoms with E-state index in [1.807, 2.05) is 270 Å². The molecule has 0 heterocycles. The van der Waals surface area contributed by atoms with Gasteiger partial charge in [0.25, 0.3) is 0 Å². The molecule has 0 unspecified atom stereocenters. The fraction of sp³-hybridized carbons (Fsp3) is 0.400. The molecule has 0 radical (unpaired) electrons. The fourth-order valence-electron chi connectivity index (χ4n) is 2.87. The Labute approximate surface area is 425 Å². The molecule has 6 rings (SSSR count). The predicted molar refractivity (Wildman–Crippen MR) is 313 cm³/mol. The molecule has 0 aromatic heterocycles. The largest absolute Gasteiger partial charge is 0.388 e. The zero-order valence-corrected chi connectivity index (χ0v) is 49.5. The number of benzene rings is 6. The number of ether oxygens (including phenoxy) is 2. The van der Waals surface area contributed by atoms with Crippen LogP contribution in [0.25, 0.3) is 0 Å². The molecule has 0 N–H and O–H groups in total. The Morgan fingerprint density at radius 1 is 0.235 bits per heavy atom. The van der Waals surface area contributed by atoms with E-state index in [1.54, 1.807) is 89.1 Å². The van der Waals surface area contributed by atoms with Gasteiger partial charge in [-0.3, -0.25) is 0 Å². The monoisotopic (exact) mass is 987 g/mol. The van der Waals surface area contributed by atoms with E-state index in [9.17, 15) is 16.8 Å². The molecule has 6 nitrogen and oxygen atoms in total. The van der Waals surface area contributed by atoms with Gasteiger partial charge in [0, 0.05) is 41.0 Å². The second-order valence-electron chi connectivity index (χ2n) is 9.71. The number of hydrogen-bond acceptors (Lipinski definition) is 6. The molecule has 0 aliphatic rings. The standard InChI is InChI=1S/C12H10O2S.4C6H6.C2H6O2S.2C2H6O.9C2H6/c13-15(14,11-7-3-1-4-8-11)12-9-5-2-6-10-12;4*1-2-4-6-5-3-1;1-5(2,3)4;2*1-3-2;9*1-2/h1-10H;4*1-6H;1-2H3;2*1-2H3;9*1-2H3. The molecule has 8 heteroatoms. The Balaban J connectivity index is -0.0000000602. The van der Waals surface area contributed by atoms with Crippen molar-refractivity contribution in [2.45, 2.75) is 134 Å². The van der Waals surface area contributed by atoms with Gasteiger partial charge in [-0.1, -0.05) is 307 Å². The molecular formula is C60H106O6S2. The SMILES string of the molecule is CC.CC.CC.CC.CC.CC.CC.CC.CC.COC.COC.CS(C)(=O)=O.O=S(=O)(c1ccccc1)c1ccccc1.c1ccccc1.c1ccccc1.c1ccccc1.c1ccccc1. The van der Waals surface area contributed by atoms with Crippen LogP contribution in [0.2, 0.25) is 0 Å². The van der Waals surface area contributed by atoms with Crippen molar-refractivity contribution in [3.05, 3.63) is 206 Å². The van der Waals surface area contributed by atoms with Crippen molar-refractivity contribution in [3.63, 3.8) is 0 Å². The normalized spacial score (nSPS) is 7.47. The number of methoxy groups -OCH3 is 2. The van der Waals surface area contributed by atoms with Crippen molar-refractivity contribution < 1.29 is 26.3 Å². The second-order valence-corrected chi connectivity index (χ2v) is 13.9. The molecule has 0 amide bonds. The highest BCUT2D eigenvalue weighted by molar-refractivity contribution is 7.91. The molecule has 0 fully saturated rings. The van der Waals surface area contributed by atoms with Crippen LogP contribution in [0.1, 0.15) is 125 Å². The lowest BCUT2D eigenvalue weighted by atomic mass is 10.4. The van der Waals surface area contributed by atoms with Gasteiger partial charge in [-0.2, -0.15) is 0 Å². The molecule has 0 saturated heterocycles. The van der Waals surface area contributed by atoms with Crippen LogP contribution in [-0.2, 0) is 29.1 Å². The summed E-state index contributed by atoms with van der Waals surface area (Å²) in [7, 11) is 0.494. The van der Waals surface area contributed by atoms with E-state index in [0.717, 1.165) is 12.5 Å². The third kappa shape index (κ3) is 99.5. The van der Waals surface area contributed by atoms with E-state index in [-0.39, 0.29) is 0 Å². The van der Waals surface area contributed by atoms with Gasteiger partial charge >= 0.3 is 0 Å². The smallest absolute Gasteiger partial charge is 0.206 e. The first-order chi connectivity index (χ1) is 33.0. The van der Waals surface area contributed by atoms with Crippen LogP contribution in [0.15, 0.2) is 216 Å². The highest BCUT2D eigenvalue weighted by Crippen LogP contribution is 2.19. The maximum atomic E-state index is 12.0. The summed E-state index contributed by atoms with van der Waals surface area (Å²) in [6.07, 6.45) is 2.32. The quantitative estimate of drug-likeness (QED) is 0.172. The second kappa shape index (κ2) is 96.2. The molecule has 0 bridgehead atoms. The highest BCUT2D eigenvalue weighted by Gasteiger charge is 2.15. The summed E-state index contributed by atoms with van der Waals surface area (Å²) in [5, 5.41) is 0. The van der Waals surface area contributed by atoms with Gasteiger partial charge in [0.1, 0.15) is 9.84 Å². The summed E-state index contributed by atoms with van der Waals surface area (Å²) in [4.78, 5) is 0.660. The third-order valence-corrected chi connectivity index (χ3v) is 6.56. The topological polar surface area (TPSA) is 86.7 Å². The van der Waals surface area contributed by atoms with E-state index >= 15 is 0 Å². The van der Waals surface area contributed by atoms with Crippen molar-refractivity contribution >= 4 is 19.7 Å². The third-order valence-electron chi connectivity index (χ3n) is 4.77. The molecule has 6 aromatic carbocycles. The lowest BCUT2D eigenvalue weighted by molar-refractivity contribution is 0.277. The van der Waals surface area contributed by atoms with Crippen molar-refractivity contribution in [2.75, 3.05) is 41.0 Å². The summed E-state index contributed by atoms with van der Waals surface area (Å²) < 4.78 is 51.8. The van der Waals surface area contributed by atoms with Crippen molar-refractivity contribution in [1.29, 1.82) is 0 Å². The van der Waals surface area contributed by atoms with Gasteiger partial charge in [-0.15, -0.1) is 0 Å². The zero-order valence-electron chi connectivity index (χ0n) is 47.9. The first-order valence-electron chi connectivity index (χ1n) is 24.3. The van der Waals surface area contributed by atoms with Gasteiger partial charge in [0.2, 0.25) is 9.84 Å². The predicted octanol–water partition coefficient (Wildman–Crippen LogP) is 18.7. The molecule has 0 atom stereocenters. The Morgan fingerprint density at radius 2 is 0.309 bits per heavy atom. The fourth-order valence-corrected chi connectivity index (χ4v) is 4.18. The van der Waals surface area contributed by atoms with E-state index in [0.29, 0.717) is 9.79 Å². The minimum Gasteiger partial charge on any atom is -0.388 e. The Kier molecular flexibility index (Phi) is 127. The van der Waals surface area contributed by atoms with E-state index in [4.69, 9.17) is 0 Å². The van der Waals surface area contributed by atoms with Crippen LogP contribution in [-0.4, -0.2) is 57.8 Å². The van der Waals surface area contributed by atoms with Gasteiger partial charge in [-0.05, 0) is 24.3 Å². The summed E-state index contributed by atoms with van der Waals surface area (Å²) in [5.41, 5.74) is 0. The summed E-state index contributed by atoms with van der Waals surface area (Å²) >= 11 is 0. The molecule has 0 saturated carbocycles. The van der Waals surface area contributed by atoms with Gasteiger partial charge in [-0.25, -0.2) is 16.8 Å². The number of rotatable bonds is 2. The van der Waals surface area contributed by atoms with Crippen molar-refractivity contribution in [3.8, 4) is 0 Å². The van der Waals surface area contributed by atoms with E-state index < -0.39 is 19.7 Å². The molecule has 6 aromatic rings. The average Bonchev–Trinajstić information content (AvgIpc) is 3.45. The minimum atomic E-state index is -3.34. The molecule has 394 valence electrons. The van der Waals surface area contributed by atoms with Crippen LogP contribution in [0, 0.1) is 0 Å². The lowest BCUT2D eigenvalue weighted by Gasteiger charge is -2.03. The average molecular weight is 988 g/mol. The highest BCUT2D eigenvalue weighted by atomic mass is 32.2. The van der Waals surface area contributed by atoms with Crippen LogP contribution in [0.3, 0.4) is 0 Å². The van der Waals surface area contributed by atoms with Gasteiger partial charge in [0.05, 0.1) is 9.79 Å². The number of hydrogen-bond donors (Lipinski definition) is 0. The van der Waals surface area contributed by atoms with Crippen LogP contribution >= 0.6 is 0 Å². The minimum absolute atomic E-state index is 0.330. The first kappa shape index (κ1) is 89.7. The zero-order chi connectivity index (χ0) is 55.6. The van der Waals surface area contributed by atoms with Gasteiger partial charge in [0.15, 0.2) is 0 Å². The molecule has 0 aliphatic heterocycles. The molecule has 0 spiro atoms. The van der Waals surface area contributed by atoms with Crippen molar-refractivity contribution in [2.24, 2.45) is 0 Å². The van der Waals surface area contributed by atoms with E-state index in [1.165, 1.54) is 0 Å². The molecule has 68 heavy (non-hydrogen) atoms. The summed E-state index contributed by atoms with van der Waals surface area (Å²) in [6.45, 7) is 36.0. The molecule has 0 aliphatic carbocycles. The Hall–Kier alpha value is -4.86. The Bertz CT molecular complexity index is 1410. The van der Waals surface area contributed by atoms with Crippen LogP contribution in [0.5, 0.6) is 0 Å². The summed E-state index contributed by atoms with van der Waals surface area (Å²) in [5.74, 6) is 0. The maximum Gasteiger partial charge on any atom is 0.206 e. The van der Waals surface area contributed by atoms with E-state index in [2.05, 4.69) is 9.47 Å². The summed E-state index contributed by atoms with van der Waals surface area (Å²) in [6, 6.07) is 64.9. The van der Waals surface area contributed by atoms with Crippen LogP contribution < -0.4 is 0 Å². The first-order valence-corrected chi connectivity index (χ1v) is 28.1. The van der Waals surface area contributed by atoms with Crippen molar-refractivity contribution in [1.82, 2.24) is 0 Å². The Morgan fingerprint density at radius 3 is 0.397 bits per heavy atom. The number of sulfone groups is 2. The molecular weight excluding hydrogens is 881 g/mol. The van der Waals surface area contributed by atoms with Crippen LogP contribution in [0.4, 0.5) is 0 Å².